The number of aliphatic hydroxyl groups excluding tert-OH is 1. The highest BCUT2D eigenvalue weighted by Gasteiger charge is 2.34. The van der Waals surface area contributed by atoms with Crippen molar-refractivity contribution in [2.24, 2.45) is 11.1 Å². The molecule has 0 amide bonds. The largest absolute Gasteiger partial charge is 0.481 e. The van der Waals surface area contributed by atoms with Crippen LogP contribution in [0, 0.1) is 12.3 Å². The summed E-state index contributed by atoms with van der Waals surface area (Å²) in [4.78, 5) is 15.7. The number of hydrogen-bond donors (Lipinski definition) is 2. The Morgan fingerprint density at radius 2 is 1.93 bits per heavy atom. The van der Waals surface area contributed by atoms with E-state index in [2.05, 4.69) is 28.7 Å². The van der Waals surface area contributed by atoms with Gasteiger partial charge in [0.2, 0.25) is 5.88 Å². The maximum absolute atomic E-state index is 9.98. The molecule has 3 N–H and O–H groups in total. The Labute approximate surface area is 181 Å². The summed E-state index contributed by atoms with van der Waals surface area (Å²) in [5.41, 5.74) is 8.58. The van der Waals surface area contributed by atoms with E-state index in [1.165, 1.54) is 7.11 Å². The van der Waals surface area contributed by atoms with Crippen LogP contribution < -0.4 is 15.4 Å². The van der Waals surface area contributed by atoms with Crippen molar-refractivity contribution in [1.29, 1.82) is 0 Å². The monoisotopic (exact) mass is 439 g/mol. The molecule has 9 heteroatoms. The molecule has 29 heavy (non-hydrogen) atoms. The number of methoxy groups -OCH3 is 1. The molecule has 3 heterocycles. The highest BCUT2D eigenvalue weighted by molar-refractivity contribution is 6.43. The van der Waals surface area contributed by atoms with Gasteiger partial charge in [0, 0.05) is 30.8 Å². The number of pyridine rings is 1. The van der Waals surface area contributed by atoms with Gasteiger partial charge in [0.1, 0.15) is 5.69 Å². The molecule has 0 radical (unpaired) electrons. The van der Waals surface area contributed by atoms with Crippen molar-refractivity contribution in [1.82, 2.24) is 15.0 Å². The van der Waals surface area contributed by atoms with E-state index >= 15 is 0 Å². The summed E-state index contributed by atoms with van der Waals surface area (Å²) in [6.45, 7) is 7.54. The van der Waals surface area contributed by atoms with Gasteiger partial charge in [-0.3, -0.25) is 0 Å². The van der Waals surface area contributed by atoms with Crippen LogP contribution in [0.1, 0.15) is 38.1 Å². The van der Waals surface area contributed by atoms with Crippen LogP contribution in [0.5, 0.6) is 5.88 Å². The first-order chi connectivity index (χ1) is 13.7. The lowest BCUT2D eigenvalue weighted by molar-refractivity contribution is 0.204. The smallest absolute Gasteiger partial charge is 0.215 e. The molecule has 2 aromatic heterocycles. The number of nitrogens with two attached hydrogens (primary N) is 1. The normalized spacial score (nSPS) is 17.3. The highest BCUT2D eigenvalue weighted by atomic mass is 35.5. The summed E-state index contributed by atoms with van der Waals surface area (Å²) in [6.07, 6.45) is 1.92. The number of aromatic nitrogens is 3. The molecule has 2 aromatic rings. The minimum Gasteiger partial charge on any atom is -0.481 e. The third-order valence-corrected chi connectivity index (χ3v) is 6.69. The van der Waals surface area contributed by atoms with Gasteiger partial charge in [-0.15, -0.1) is 0 Å². The van der Waals surface area contributed by atoms with Gasteiger partial charge >= 0.3 is 0 Å². The lowest BCUT2D eigenvalue weighted by Crippen LogP contribution is -2.47. The predicted octanol–water partition coefficient (Wildman–Crippen LogP) is 3.61. The molecule has 3 rings (SSSR count). The molecule has 0 bridgehead atoms. The second-order valence-electron chi connectivity index (χ2n) is 7.83. The van der Waals surface area contributed by atoms with Crippen LogP contribution in [0.15, 0.2) is 6.07 Å². The van der Waals surface area contributed by atoms with Crippen molar-refractivity contribution in [3.05, 3.63) is 27.6 Å². The zero-order valence-electron chi connectivity index (χ0n) is 17.2. The Morgan fingerprint density at radius 3 is 2.48 bits per heavy atom. The summed E-state index contributed by atoms with van der Waals surface area (Å²) in [5, 5.41) is 10.4. The molecule has 158 valence electrons. The number of rotatable bonds is 5. The van der Waals surface area contributed by atoms with Gasteiger partial charge in [0.05, 0.1) is 30.1 Å². The summed E-state index contributed by atoms with van der Waals surface area (Å²) < 4.78 is 5.20. The van der Waals surface area contributed by atoms with Crippen LogP contribution in [-0.4, -0.2) is 46.3 Å². The summed E-state index contributed by atoms with van der Waals surface area (Å²) in [5.74, 6) is 1.03. The van der Waals surface area contributed by atoms with E-state index in [1.807, 2.05) is 6.92 Å². The Balaban J connectivity index is 1.99. The molecule has 1 saturated heterocycles. The fourth-order valence-electron chi connectivity index (χ4n) is 3.59. The minimum absolute atomic E-state index is 0.107. The number of aliphatic hydroxyl groups is 1. The average Bonchev–Trinajstić information content (AvgIpc) is 2.70. The Morgan fingerprint density at radius 1 is 1.28 bits per heavy atom. The average molecular weight is 440 g/mol. The second-order valence-corrected chi connectivity index (χ2v) is 8.57. The molecule has 0 aromatic carbocycles. The van der Waals surface area contributed by atoms with E-state index in [4.69, 9.17) is 38.7 Å². The fraction of sp³-hybridized carbons (Fsp3) is 0.550. The second kappa shape index (κ2) is 8.60. The van der Waals surface area contributed by atoms with Gasteiger partial charge in [-0.1, -0.05) is 30.1 Å². The third-order valence-electron chi connectivity index (χ3n) is 5.93. The molecule has 0 spiro atoms. The van der Waals surface area contributed by atoms with Gasteiger partial charge in [-0.25, -0.2) is 9.97 Å². The number of ether oxygens (including phenoxy) is 1. The van der Waals surface area contributed by atoms with E-state index in [0.717, 1.165) is 25.9 Å². The topological polar surface area (TPSA) is 97.4 Å². The van der Waals surface area contributed by atoms with E-state index in [9.17, 15) is 5.11 Å². The van der Waals surface area contributed by atoms with Crippen molar-refractivity contribution < 1.29 is 9.84 Å². The lowest BCUT2D eigenvalue weighted by Gasteiger charge is -2.42. The van der Waals surface area contributed by atoms with Crippen molar-refractivity contribution in [3.63, 3.8) is 0 Å². The number of anilines is 1. The highest BCUT2D eigenvalue weighted by Crippen LogP contribution is 2.38. The number of nitrogens with zero attached hydrogens (tertiary/aromatic N) is 4. The predicted molar refractivity (Wildman–Crippen MR) is 116 cm³/mol. The zero-order valence-corrected chi connectivity index (χ0v) is 18.7. The molecule has 7 nitrogen and oxygen atoms in total. The molecule has 1 aliphatic rings. The van der Waals surface area contributed by atoms with E-state index in [0.29, 0.717) is 34.3 Å². The molecular formula is C20H27Cl2N5O2. The Kier molecular flexibility index (Phi) is 6.53. The van der Waals surface area contributed by atoms with Crippen LogP contribution >= 0.6 is 23.2 Å². The van der Waals surface area contributed by atoms with Crippen LogP contribution in [0.3, 0.4) is 0 Å². The summed E-state index contributed by atoms with van der Waals surface area (Å²) in [7, 11) is 1.50. The number of hydrogen-bond acceptors (Lipinski definition) is 7. The van der Waals surface area contributed by atoms with Crippen molar-refractivity contribution in [3.8, 4) is 17.1 Å². The first-order valence-corrected chi connectivity index (χ1v) is 10.3. The van der Waals surface area contributed by atoms with Gasteiger partial charge in [-0.05, 0) is 32.1 Å². The number of piperidine rings is 1. The maximum Gasteiger partial charge on any atom is 0.215 e. The van der Waals surface area contributed by atoms with E-state index < -0.39 is 0 Å². The number of halogens is 2. The SMILES string of the molecule is COc1cc(-c2nc(CO)c(N3CCC(C)([C@@H](C)N)CC3)nc2C)c(Cl)c(Cl)n1. The standard InChI is InChI=1S/C20H27Cl2N5O2/c1-11-17(13-9-15(29-4)26-18(22)16(13)21)25-14(10-28)19(24-11)27-7-5-20(3,6-8-27)12(2)23/h9,12,28H,5-8,10,23H2,1-4H3/t12-/m1/s1. The van der Waals surface area contributed by atoms with Gasteiger partial charge in [-0.2, -0.15) is 4.98 Å². The van der Waals surface area contributed by atoms with Crippen LogP contribution in [0.25, 0.3) is 11.3 Å². The lowest BCUT2D eigenvalue weighted by atomic mass is 9.75. The minimum atomic E-state index is -0.232. The maximum atomic E-state index is 9.98. The summed E-state index contributed by atoms with van der Waals surface area (Å²) >= 11 is 12.5. The molecular weight excluding hydrogens is 413 g/mol. The van der Waals surface area contributed by atoms with Crippen molar-refractivity contribution in [2.75, 3.05) is 25.1 Å². The van der Waals surface area contributed by atoms with Gasteiger partial charge in [0.25, 0.3) is 0 Å². The van der Waals surface area contributed by atoms with Crippen LogP contribution in [-0.2, 0) is 6.61 Å². The Hall–Kier alpha value is -1.67. The van der Waals surface area contributed by atoms with Gasteiger partial charge in [0.15, 0.2) is 11.0 Å². The molecule has 0 saturated carbocycles. The van der Waals surface area contributed by atoms with E-state index in [1.54, 1.807) is 6.07 Å². The van der Waals surface area contributed by atoms with E-state index in [-0.39, 0.29) is 28.2 Å². The quantitative estimate of drug-likeness (QED) is 0.686. The molecule has 1 atom stereocenters. The molecule has 0 unspecified atom stereocenters. The Bertz CT molecular complexity index is 899. The number of aryl methyl sites for hydroxylation is 1. The van der Waals surface area contributed by atoms with Crippen LogP contribution in [0.4, 0.5) is 5.82 Å². The molecule has 1 aliphatic heterocycles. The van der Waals surface area contributed by atoms with Gasteiger partial charge < -0.3 is 20.5 Å². The summed E-state index contributed by atoms with van der Waals surface area (Å²) in [6, 6.07) is 1.80. The molecule has 1 fully saturated rings. The first-order valence-electron chi connectivity index (χ1n) is 9.59. The first kappa shape index (κ1) is 22.0. The van der Waals surface area contributed by atoms with Crippen molar-refractivity contribution in [2.45, 2.75) is 46.3 Å². The van der Waals surface area contributed by atoms with Crippen molar-refractivity contribution >= 4 is 29.0 Å². The zero-order chi connectivity index (χ0) is 21.3. The third kappa shape index (κ3) is 4.28. The van der Waals surface area contributed by atoms with Crippen LogP contribution in [0.2, 0.25) is 10.2 Å². The molecule has 0 aliphatic carbocycles. The fourth-order valence-corrected chi connectivity index (χ4v) is 3.97.